The molecular formula is C25H35ClO8. The number of ether oxygens (including phenoxy) is 2. The number of alkyl halides is 1. The molecule has 0 aliphatic carbocycles. The van der Waals surface area contributed by atoms with Crippen molar-refractivity contribution in [1.82, 2.24) is 0 Å². The zero-order valence-corrected chi connectivity index (χ0v) is 21.4. The molecule has 0 bridgehead atoms. The Bertz CT molecular complexity index is 943. The summed E-state index contributed by atoms with van der Waals surface area (Å²) in [5, 5.41) is 36.1. The molecule has 2 rings (SSSR count). The number of esters is 1. The van der Waals surface area contributed by atoms with Gasteiger partial charge in [-0.1, -0.05) is 0 Å². The number of benzene rings is 2. The Morgan fingerprint density at radius 2 is 1.41 bits per heavy atom. The Balaban J connectivity index is 0.000000532. The average Bonchev–Trinajstić information content (AvgIpc) is 2.74. The first-order chi connectivity index (χ1) is 15.5. The third-order valence-electron chi connectivity index (χ3n) is 3.95. The number of phenols is 1. The SMILES string of the molecule is CC(C)(O)CCl.COC(=O)c1ccc(O)c(C)c1.Cc1cc(C(=O)O)ccc1OCC(C)(C)O. The highest BCUT2D eigenvalue weighted by molar-refractivity contribution is 6.18. The summed E-state index contributed by atoms with van der Waals surface area (Å²) in [7, 11) is 1.32. The summed E-state index contributed by atoms with van der Waals surface area (Å²) < 4.78 is 9.90. The van der Waals surface area contributed by atoms with E-state index < -0.39 is 23.1 Å². The van der Waals surface area contributed by atoms with Gasteiger partial charge in [0.2, 0.25) is 0 Å². The molecule has 0 unspecified atom stereocenters. The third-order valence-corrected chi connectivity index (χ3v) is 4.60. The van der Waals surface area contributed by atoms with Gasteiger partial charge in [0.05, 0.1) is 35.3 Å². The van der Waals surface area contributed by atoms with Gasteiger partial charge in [0.15, 0.2) is 0 Å². The van der Waals surface area contributed by atoms with Gasteiger partial charge in [0, 0.05) is 0 Å². The number of aromatic hydroxyl groups is 1. The van der Waals surface area contributed by atoms with Crippen LogP contribution in [-0.2, 0) is 4.74 Å². The number of halogens is 1. The number of rotatable bonds is 6. The van der Waals surface area contributed by atoms with Gasteiger partial charge in [0.25, 0.3) is 0 Å². The van der Waals surface area contributed by atoms with E-state index in [0.29, 0.717) is 22.8 Å². The van der Waals surface area contributed by atoms with Crippen LogP contribution in [0.4, 0.5) is 0 Å². The molecule has 0 spiro atoms. The lowest BCUT2D eigenvalue weighted by atomic mass is 10.1. The monoisotopic (exact) mass is 498 g/mol. The van der Waals surface area contributed by atoms with Gasteiger partial charge in [-0.3, -0.25) is 0 Å². The van der Waals surface area contributed by atoms with Crippen LogP contribution < -0.4 is 4.74 Å². The average molecular weight is 499 g/mol. The fourth-order valence-electron chi connectivity index (χ4n) is 2.10. The van der Waals surface area contributed by atoms with Gasteiger partial charge in [0.1, 0.15) is 18.1 Å². The lowest BCUT2D eigenvalue weighted by molar-refractivity contribution is 0.0282. The molecule has 4 N–H and O–H groups in total. The van der Waals surface area contributed by atoms with Crippen LogP contribution in [0.15, 0.2) is 36.4 Å². The van der Waals surface area contributed by atoms with E-state index in [2.05, 4.69) is 4.74 Å². The number of phenolic OH excluding ortho intramolecular Hbond substituents is 1. The summed E-state index contributed by atoms with van der Waals surface area (Å²) in [6, 6.07) is 9.21. The summed E-state index contributed by atoms with van der Waals surface area (Å²) in [4.78, 5) is 21.7. The first-order valence-corrected chi connectivity index (χ1v) is 10.9. The van der Waals surface area contributed by atoms with Crippen LogP contribution in [0.3, 0.4) is 0 Å². The number of carboxylic acids is 1. The van der Waals surface area contributed by atoms with Crippen LogP contribution in [-0.4, -0.2) is 63.2 Å². The van der Waals surface area contributed by atoms with E-state index in [1.165, 1.54) is 25.3 Å². The highest BCUT2D eigenvalue weighted by Crippen LogP contribution is 2.20. The van der Waals surface area contributed by atoms with Crippen LogP contribution in [0.2, 0.25) is 0 Å². The lowest BCUT2D eigenvalue weighted by Crippen LogP contribution is -2.28. The van der Waals surface area contributed by atoms with Gasteiger partial charge < -0.3 is 29.9 Å². The summed E-state index contributed by atoms with van der Waals surface area (Å²) in [5.74, 6) is -0.280. The molecule has 0 saturated heterocycles. The molecule has 8 nitrogen and oxygen atoms in total. The van der Waals surface area contributed by atoms with Gasteiger partial charge in [-0.05, 0) is 89.1 Å². The molecule has 2 aromatic rings. The third kappa shape index (κ3) is 13.0. The van der Waals surface area contributed by atoms with Gasteiger partial charge in [-0.25, -0.2) is 9.59 Å². The topological polar surface area (TPSA) is 134 Å². The molecule has 0 aliphatic heterocycles. The van der Waals surface area contributed by atoms with Crippen molar-refractivity contribution < 1.29 is 39.5 Å². The second-order valence-corrected chi connectivity index (χ2v) is 9.09. The number of hydrogen-bond acceptors (Lipinski definition) is 7. The standard InChI is InChI=1S/C12H16O4.C9H10O3.C4H9ClO/c1-8-6-9(11(13)14)4-5-10(8)16-7-12(2,3)15;1-6-5-7(9(11)12-2)3-4-8(6)10;1-4(2,6)3-5/h4-6,15H,7H2,1-3H3,(H,13,14);3-5,10H,1-2H3;6H,3H2,1-2H3. The molecule has 190 valence electrons. The first kappa shape index (κ1) is 31.2. The summed E-state index contributed by atoms with van der Waals surface area (Å²) in [6.45, 7) is 10.3. The molecule has 0 aromatic heterocycles. The molecule has 0 radical (unpaired) electrons. The molecule has 0 saturated carbocycles. The van der Waals surface area contributed by atoms with E-state index in [0.717, 1.165) is 5.56 Å². The predicted octanol–water partition coefficient (Wildman–Crippen LogP) is 4.33. The van der Waals surface area contributed by atoms with E-state index in [4.69, 9.17) is 31.7 Å². The number of carbonyl (C=O) groups is 2. The van der Waals surface area contributed by atoms with Crippen LogP contribution >= 0.6 is 11.6 Å². The highest BCUT2D eigenvalue weighted by atomic mass is 35.5. The van der Waals surface area contributed by atoms with Crippen LogP contribution in [0.1, 0.15) is 59.5 Å². The largest absolute Gasteiger partial charge is 0.508 e. The minimum absolute atomic E-state index is 0.167. The van der Waals surface area contributed by atoms with E-state index in [1.54, 1.807) is 59.7 Å². The van der Waals surface area contributed by atoms with E-state index in [9.17, 15) is 14.7 Å². The predicted molar refractivity (Wildman–Crippen MR) is 131 cm³/mol. The highest BCUT2D eigenvalue weighted by Gasteiger charge is 2.14. The molecule has 0 amide bonds. The quantitative estimate of drug-likeness (QED) is 0.341. The minimum atomic E-state index is -0.961. The molecule has 34 heavy (non-hydrogen) atoms. The fourth-order valence-corrected chi connectivity index (χ4v) is 2.10. The normalized spacial score (nSPS) is 10.8. The zero-order chi connectivity index (χ0) is 26.7. The second kappa shape index (κ2) is 13.8. The maximum atomic E-state index is 11.0. The summed E-state index contributed by atoms with van der Waals surface area (Å²) in [6.07, 6.45) is 0. The zero-order valence-electron chi connectivity index (χ0n) is 20.7. The fraction of sp³-hybridized carbons (Fsp3) is 0.440. The van der Waals surface area contributed by atoms with Crippen molar-refractivity contribution >= 4 is 23.5 Å². The smallest absolute Gasteiger partial charge is 0.337 e. The number of methoxy groups -OCH3 is 1. The Hall–Kier alpha value is -2.81. The van der Waals surface area contributed by atoms with Crippen LogP contribution in [0.25, 0.3) is 0 Å². The van der Waals surface area contributed by atoms with E-state index >= 15 is 0 Å². The van der Waals surface area contributed by atoms with Crippen molar-refractivity contribution in [3.63, 3.8) is 0 Å². The molecular weight excluding hydrogens is 464 g/mol. The molecule has 0 atom stereocenters. The maximum absolute atomic E-state index is 11.0. The van der Waals surface area contributed by atoms with Gasteiger partial charge in [-0.2, -0.15) is 0 Å². The molecule has 0 heterocycles. The number of hydrogen-bond donors (Lipinski definition) is 4. The molecule has 0 aliphatic rings. The van der Waals surface area contributed by atoms with Crippen molar-refractivity contribution in [1.29, 1.82) is 0 Å². The number of carbonyl (C=O) groups excluding carboxylic acids is 1. The Morgan fingerprint density at radius 1 is 0.912 bits per heavy atom. The second-order valence-electron chi connectivity index (χ2n) is 8.83. The minimum Gasteiger partial charge on any atom is -0.508 e. The van der Waals surface area contributed by atoms with Crippen LogP contribution in [0, 0.1) is 13.8 Å². The van der Waals surface area contributed by atoms with E-state index in [1.807, 2.05) is 0 Å². The Labute approximate surface area is 205 Å². The van der Waals surface area contributed by atoms with Crippen LogP contribution in [0.5, 0.6) is 11.5 Å². The van der Waals surface area contributed by atoms with Gasteiger partial charge >= 0.3 is 11.9 Å². The molecule has 0 fully saturated rings. The van der Waals surface area contributed by atoms with Crippen molar-refractivity contribution in [3.8, 4) is 11.5 Å². The van der Waals surface area contributed by atoms with Crippen molar-refractivity contribution in [2.75, 3.05) is 19.6 Å². The summed E-state index contributed by atoms with van der Waals surface area (Å²) >= 11 is 5.23. The number of aliphatic hydroxyl groups is 2. The molecule has 2 aromatic carbocycles. The van der Waals surface area contributed by atoms with Crippen molar-refractivity contribution in [3.05, 3.63) is 58.7 Å². The van der Waals surface area contributed by atoms with Gasteiger partial charge in [-0.15, -0.1) is 11.6 Å². The summed E-state index contributed by atoms with van der Waals surface area (Å²) in [5.41, 5.74) is 0.488. The number of aromatic carboxylic acids is 1. The number of carboxylic acid groups (broad SMARTS) is 1. The Morgan fingerprint density at radius 3 is 1.79 bits per heavy atom. The Kier molecular flexibility index (Phi) is 12.7. The first-order valence-electron chi connectivity index (χ1n) is 10.4. The number of aryl methyl sites for hydroxylation is 2. The van der Waals surface area contributed by atoms with E-state index in [-0.39, 0.29) is 17.9 Å². The maximum Gasteiger partial charge on any atom is 0.337 e. The van der Waals surface area contributed by atoms with Crippen molar-refractivity contribution in [2.24, 2.45) is 0 Å². The lowest BCUT2D eigenvalue weighted by Gasteiger charge is -2.18. The molecule has 9 heteroatoms. The van der Waals surface area contributed by atoms with Crippen molar-refractivity contribution in [2.45, 2.75) is 52.7 Å².